The predicted molar refractivity (Wildman–Crippen MR) is 240 cm³/mol. The highest BCUT2D eigenvalue weighted by atomic mass is 32.2. The van der Waals surface area contributed by atoms with Gasteiger partial charge in [0, 0.05) is 55.0 Å². The number of aryl methyl sites for hydroxylation is 1. The second-order valence-corrected chi connectivity index (χ2v) is 20.9. The minimum Gasteiger partial charge on any atom is -0.496 e. The number of thiazole rings is 1. The van der Waals surface area contributed by atoms with Gasteiger partial charge < -0.3 is 25.0 Å². The molecule has 4 aromatic rings. The zero-order chi connectivity index (χ0) is 47.3. The second kappa shape index (κ2) is 18.1. The maximum Gasteiger partial charge on any atom is 0.303 e. The van der Waals surface area contributed by atoms with E-state index >= 15 is 4.79 Å². The Labute approximate surface area is 376 Å². The number of anilines is 1. The molecule has 1 aliphatic heterocycles. The lowest BCUT2D eigenvalue weighted by molar-refractivity contribution is -0.141. The van der Waals surface area contributed by atoms with Crippen molar-refractivity contribution in [3.8, 4) is 22.2 Å². The van der Waals surface area contributed by atoms with Gasteiger partial charge in [0.25, 0.3) is 11.8 Å². The molecular formula is C45H58F3N7O7S2. The number of halogens is 3. The van der Waals surface area contributed by atoms with Gasteiger partial charge in [-0.25, -0.2) is 27.9 Å². The van der Waals surface area contributed by atoms with Crippen LogP contribution in [0, 0.1) is 24.1 Å². The van der Waals surface area contributed by atoms with Crippen molar-refractivity contribution in [2.24, 2.45) is 11.3 Å². The third-order valence-electron chi connectivity index (χ3n) is 12.1. The standard InChI is InChI=1S/C45H58F3N7O7S2/c1-12-26-21-44(26,42(58)53-64(59,60)54(9)10)52-39(56)34-19-28(22-55(34)41(57)38(43(6,7)8)49-27-14-16-31(46)30(18-27)45(47,48)13-2)62-36-20-32(40-51-33(23-63-40)24(3)4)50-37-25(5)35(61-11)17-15-29(36)37/h14-18,20,23-24,26,28,34,38,49H,12-13,19,21-22H2,1-11H3,(H,52,56)(H,53,58). The van der Waals surface area contributed by atoms with Crippen LogP contribution in [-0.2, 0) is 30.5 Å². The van der Waals surface area contributed by atoms with Crippen LogP contribution in [0.25, 0.3) is 21.6 Å². The fourth-order valence-corrected chi connectivity index (χ4v) is 9.55. The van der Waals surface area contributed by atoms with Gasteiger partial charge in [-0.05, 0) is 60.9 Å². The molecule has 348 valence electrons. The number of nitrogens with one attached hydrogen (secondary N) is 3. The predicted octanol–water partition coefficient (Wildman–Crippen LogP) is 7.52. The van der Waals surface area contributed by atoms with Crippen molar-refractivity contribution < 1.29 is 45.4 Å². The Bertz CT molecular complexity index is 2550. The van der Waals surface area contributed by atoms with Crippen LogP contribution < -0.4 is 24.8 Å². The molecule has 19 heteroatoms. The van der Waals surface area contributed by atoms with Crippen LogP contribution >= 0.6 is 11.3 Å². The fourth-order valence-electron chi connectivity index (χ4n) is 8.01. The van der Waals surface area contributed by atoms with Crippen molar-refractivity contribution in [1.82, 2.24) is 29.2 Å². The number of methoxy groups -OCH3 is 1. The van der Waals surface area contributed by atoms with E-state index in [1.165, 1.54) is 43.3 Å². The van der Waals surface area contributed by atoms with Crippen LogP contribution in [0.5, 0.6) is 11.5 Å². The molecule has 2 fully saturated rings. The number of nitrogens with zero attached hydrogens (tertiary/aromatic N) is 4. The Morgan fingerprint density at radius 2 is 1.77 bits per heavy atom. The van der Waals surface area contributed by atoms with Crippen molar-refractivity contribution in [3.63, 3.8) is 0 Å². The molecule has 3 N–H and O–H groups in total. The van der Waals surface area contributed by atoms with E-state index in [1.54, 1.807) is 40.0 Å². The number of amides is 3. The number of pyridine rings is 1. The van der Waals surface area contributed by atoms with E-state index in [4.69, 9.17) is 19.4 Å². The van der Waals surface area contributed by atoms with Crippen molar-refractivity contribution in [3.05, 3.63) is 64.4 Å². The van der Waals surface area contributed by atoms with E-state index in [0.29, 0.717) is 39.5 Å². The number of benzene rings is 2. The number of fused-ring (bicyclic) bond motifs is 1. The normalized spacial score (nSPS) is 20.7. The zero-order valence-corrected chi connectivity index (χ0v) is 39.7. The van der Waals surface area contributed by atoms with Crippen molar-refractivity contribution >= 4 is 55.9 Å². The molecule has 0 bridgehead atoms. The molecule has 1 saturated heterocycles. The van der Waals surface area contributed by atoms with Crippen LogP contribution in [0.15, 0.2) is 41.8 Å². The van der Waals surface area contributed by atoms with Crippen molar-refractivity contribution in [2.75, 3.05) is 33.1 Å². The van der Waals surface area contributed by atoms with E-state index in [1.807, 2.05) is 39.1 Å². The molecular weight excluding hydrogens is 872 g/mol. The molecule has 1 saturated carbocycles. The first kappa shape index (κ1) is 48.4. The van der Waals surface area contributed by atoms with Gasteiger partial charge in [-0.2, -0.15) is 12.7 Å². The minimum atomic E-state index is -4.22. The molecule has 3 amide bonds. The fraction of sp³-hybridized carbons (Fsp3) is 0.533. The molecule has 0 radical (unpaired) electrons. The highest BCUT2D eigenvalue weighted by molar-refractivity contribution is 7.87. The second-order valence-electron chi connectivity index (χ2n) is 18.2. The number of rotatable bonds is 16. The van der Waals surface area contributed by atoms with Crippen LogP contribution in [0.3, 0.4) is 0 Å². The van der Waals surface area contributed by atoms with Gasteiger partial charge in [0.15, 0.2) is 0 Å². The number of aromatic nitrogens is 2. The number of carbonyl (C=O) groups excluding carboxylic acids is 3. The molecule has 2 aromatic carbocycles. The average molecular weight is 930 g/mol. The van der Waals surface area contributed by atoms with E-state index < -0.39 is 86.7 Å². The van der Waals surface area contributed by atoms with Crippen molar-refractivity contribution in [1.29, 1.82) is 0 Å². The molecule has 5 unspecified atom stereocenters. The molecule has 2 aromatic heterocycles. The zero-order valence-electron chi connectivity index (χ0n) is 38.1. The first-order valence-corrected chi connectivity index (χ1v) is 23.6. The quantitative estimate of drug-likeness (QED) is 0.102. The summed E-state index contributed by atoms with van der Waals surface area (Å²) in [6, 6.07) is 6.18. The van der Waals surface area contributed by atoms with Crippen molar-refractivity contribution in [2.45, 2.75) is 117 Å². The lowest BCUT2D eigenvalue weighted by atomic mass is 9.85. The summed E-state index contributed by atoms with van der Waals surface area (Å²) in [6.07, 6.45) is -0.906. The van der Waals surface area contributed by atoms with Gasteiger partial charge in [-0.1, -0.05) is 54.9 Å². The Hall–Kier alpha value is -5.01. The lowest BCUT2D eigenvalue weighted by Gasteiger charge is -2.36. The van der Waals surface area contributed by atoms with Gasteiger partial charge in [-0.3, -0.25) is 14.4 Å². The molecule has 3 heterocycles. The monoisotopic (exact) mass is 929 g/mol. The summed E-state index contributed by atoms with van der Waals surface area (Å²) in [5, 5.41) is 9.18. The van der Waals surface area contributed by atoms with Gasteiger partial charge in [-0.15, -0.1) is 11.3 Å². The number of hydrogen-bond donors (Lipinski definition) is 3. The Kier molecular flexibility index (Phi) is 13.7. The molecule has 6 rings (SSSR count). The summed E-state index contributed by atoms with van der Waals surface area (Å²) in [5.41, 5.74) is -0.447. The Morgan fingerprint density at radius 1 is 1.06 bits per heavy atom. The number of carbonyl (C=O) groups is 3. The highest BCUT2D eigenvalue weighted by Crippen LogP contribution is 2.47. The van der Waals surface area contributed by atoms with Gasteiger partial charge in [0.05, 0.1) is 30.4 Å². The Morgan fingerprint density at radius 3 is 2.34 bits per heavy atom. The molecule has 0 spiro atoms. The van der Waals surface area contributed by atoms with E-state index in [0.717, 1.165) is 27.7 Å². The third kappa shape index (κ3) is 9.66. The summed E-state index contributed by atoms with van der Waals surface area (Å²) < 4.78 is 85.4. The van der Waals surface area contributed by atoms with Crippen LogP contribution in [-0.4, -0.2) is 96.8 Å². The minimum absolute atomic E-state index is 0.0502. The van der Waals surface area contributed by atoms with Gasteiger partial charge in [0.2, 0.25) is 11.8 Å². The first-order chi connectivity index (χ1) is 29.9. The van der Waals surface area contributed by atoms with Gasteiger partial charge in [0.1, 0.15) is 51.7 Å². The van der Waals surface area contributed by atoms with Crippen LogP contribution in [0.2, 0.25) is 0 Å². The highest BCUT2D eigenvalue weighted by Gasteiger charge is 2.62. The summed E-state index contributed by atoms with van der Waals surface area (Å²) in [7, 11) is -0.123. The topological polar surface area (TPSA) is 172 Å². The van der Waals surface area contributed by atoms with Gasteiger partial charge >= 0.3 is 10.2 Å². The largest absolute Gasteiger partial charge is 0.496 e. The third-order valence-corrected chi connectivity index (χ3v) is 14.4. The number of likely N-dealkylation sites (tertiary alicyclic amines) is 1. The first-order valence-electron chi connectivity index (χ1n) is 21.3. The molecule has 1 aliphatic carbocycles. The number of alkyl halides is 2. The molecule has 64 heavy (non-hydrogen) atoms. The summed E-state index contributed by atoms with van der Waals surface area (Å²) in [5.74, 6) is -5.98. The maximum atomic E-state index is 15.0. The molecule has 5 atom stereocenters. The SMILES string of the molecule is CCC1CC1(NC(=O)C1CC(Oc2cc(-c3nc(C(C)C)cs3)nc3c(C)c(OC)ccc23)CN1C(=O)C(Nc1ccc(F)c(C(F)(F)CC)c1)C(C)(C)C)C(=O)NS(=O)(=O)N(C)C. The summed E-state index contributed by atoms with van der Waals surface area (Å²) in [4.78, 5) is 54.6. The smallest absolute Gasteiger partial charge is 0.303 e. The number of hydrogen-bond acceptors (Lipinski definition) is 11. The lowest BCUT2D eigenvalue weighted by Crippen LogP contribution is -2.59. The Balaban J connectivity index is 1.41. The van der Waals surface area contributed by atoms with Crippen LogP contribution in [0.1, 0.15) is 96.9 Å². The van der Waals surface area contributed by atoms with E-state index in [-0.39, 0.29) is 31.0 Å². The van der Waals surface area contributed by atoms with E-state index in [2.05, 4.69) is 15.4 Å². The molecule has 14 nitrogen and oxygen atoms in total. The summed E-state index contributed by atoms with van der Waals surface area (Å²) >= 11 is 1.44. The summed E-state index contributed by atoms with van der Waals surface area (Å²) in [6.45, 7) is 14.2. The molecule has 2 aliphatic rings. The van der Waals surface area contributed by atoms with Crippen LogP contribution in [0.4, 0.5) is 18.9 Å². The average Bonchev–Trinajstić information content (AvgIpc) is 3.50. The number of ether oxygens (including phenoxy) is 2. The van der Waals surface area contributed by atoms with E-state index in [9.17, 15) is 31.2 Å². The maximum absolute atomic E-state index is 15.0.